The third-order valence-electron chi connectivity index (χ3n) is 3.89. The zero-order valence-electron chi connectivity index (χ0n) is 11.9. The summed E-state index contributed by atoms with van der Waals surface area (Å²) >= 11 is 0. The smallest absolute Gasteiger partial charge is 0.293 e. The number of rotatable bonds is 3. The molecule has 0 spiro atoms. The van der Waals surface area contributed by atoms with Crippen LogP contribution in [0.25, 0.3) is 10.9 Å². The first-order valence-electron chi connectivity index (χ1n) is 6.58. The first-order valence-corrected chi connectivity index (χ1v) is 6.58. The third kappa shape index (κ3) is 2.13. The van der Waals surface area contributed by atoms with Crippen LogP contribution in [0.15, 0.2) is 18.5 Å². The van der Waals surface area contributed by atoms with Crippen molar-refractivity contribution in [2.75, 3.05) is 37.8 Å². The van der Waals surface area contributed by atoms with Crippen LogP contribution in [0.1, 0.15) is 0 Å². The summed E-state index contributed by atoms with van der Waals surface area (Å²) in [4.78, 5) is 23.1. The molecule has 1 aliphatic rings. The third-order valence-corrected chi connectivity index (χ3v) is 3.89. The van der Waals surface area contributed by atoms with Crippen LogP contribution in [-0.4, -0.2) is 53.0 Å². The van der Waals surface area contributed by atoms with Crippen molar-refractivity contribution in [1.29, 1.82) is 0 Å². The molecule has 8 heteroatoms. The van der Waals surface area contributed by atoms with E-state index in [4.69, 9.17) is 5.73 Å². The summed E-state index contributed by atoms with van der Waals surface area (Å²) in [6.45, 7) is 1.45. The van der Waals surface area contributed by atoms with E-state index >= 15 is 0 Å². The second-order valence-electron chi connectivity index (χ2n) is 5.37. The van der Waals surface area contributed by atoms with Gasteiger partial charge in [-0.1, -0.05) is 0 Å². The molecule has 0 saturated carbocycles. The molecule has 1 saturated heterocycles. The van der Waals surface area contributed by atoms with Crippen molar-refractivity contribution in [1.82, 2.24) is 14.9 Å². The summed E-state index contributed by atoms with van der Waals surface area (Å²) in [5, 5.41) is 11.9. The highest BCUT2D eigenvalue weighted by atomic mass is 16.6. The molecule has 1 aromatic carbocycles. The Balaban J connectivity index is 2.14. The Kier molecular flexibility index (Phi) is 3.09. The number of fused-ring (bicyclic) bond motifs is 1. The van der Waals surface area contributed by atoms with Gasteiger partial charge in [0, 0.05) is 25.2 Å². The molecule has 21 heavy (non-hydrogen) atoms. The molecule has 2 N–H and O–H groups in total. The number of hydrogen-bond acceptors (Lipinski definition) is 7. The van der Waals surface area contributed by atoms with E-state index in [1.165, 1.54) is 12.4 Å². The number of nitrogens with two attached hydrogens (primary N) is 1. The minimum atomic E-state index is -0.385. The summed E-state index contributed by atoms with van der Waals surface area (Å²) < 4.78 is 0. The van der Waals surface area contributed by atoms with Gasteiger partial charge >= 0.3 is 0 Å². The standard InChI is InChI=1S/C13H16N6O2/c1-17(2)8-5-18(6-8)12-10(19(20)21)4-3-9-11(12)13(14)16-7-15-9/h3-4,7-8H,5-6H2,1-2H3,(H2,14,15,16). The Bertz CT molecular complexity index is 711. The van der Waals surface area contributed by atoms with E-state index < -0.39 is 0 Å². The van der Waals surface area contributed by atoms with Crippen molar-refractivity contribution in [3.05, 3.63) is 28.6 Å². The molecule has 1 aromatic heterocycles. The van der Waals surface area contributed by atoms with Gasteiger partial charge < -0.3 is 15.5 Å². The summed E-state index contributed by atoms with van der Waals surface area (Å²) in [6.07, 6.45) is 1.37. The van der Waals surface area contributed by atoms with Gasteiger partial charge in [0.05, 0.1) is 15.8 Å². The highest BCUT2D eigenvalue weighted by Gasteiger charge is 2.34. The van der Waals surface area contributed by atoms with Crippen LogP contribution in [0.2, 0.25) is 0 Å². The van der Waals surface area contributed by atoms with Gasteiger partial charge in [0.15, 0.2) is 0 Å². The lowest BCUT2D eigenvalue weighted by Crippen LogP contribution is -2.57. The lowest BCUT2D eigenvalue weighted by molar-refractivity contribution is -0.384. The van der Waals surface area contributed by atoms with Gasteiger partial charge in [-0.3, -0.25) is 10.1 Å². The van der Waals surface area contributed by atoms with E-state index in [1.807, 2.05) is 19.0 Å². The average Bonchev–Trinajstić information content (AvgIpc) is 2.36. The second kappa shape index (κ2) is 4.81. The fourth-order valence-corrected chi connectivity index (χ4v) is 2.58. The monoisotopic (exact) mass is 288 g/mol. The molecule has 1 fully saturated rings. The van der Waals surface area contributed by atoms with Gasteiger partial charge in [-0.2, -0.15) is 0 Å². The Hall–Kier alpha value is -2.48. The topological polar surface area (TPSA) is 101 Å². The van der Waals surface area contributed by atoms with Gasteiger partial charge in [0.1, 0.15) is 17.8 Å². The van der Waals surface area contributed by atoms with E-state index in [1.54, 1.807) is 6.07 Å². The average molecular weight is 288 g/mol. The number of benzene rings is 1. The molecule has 1 aliphatic heterocycles. The van der Waals surface area contributed by atoms with Crippen molar-refractivity contribution in [3.8, 4) is 0 Å². The number of nitro benzene ring substituents is 1. The minimum absolute atomic E-state index is 0.0428. The zero-order chi connectivity index (χ0) is 15.1. The first-order chi connectivity index (χ1) is 9.99. The molecule has 2 aromatic rings. The van der Waals surface area contributed by atoms with Crippen LogP contribution in [0.5, 0.6) is 0 Å². The van der Waals surface area contributed by atoms with Crippen LogP contribution in [0.3, 0.4) is 0 Å². The maximum atomic E-state index is 11.3. The van der Waals surface area contributed by atoms with Crippen LogP contribution < -0.4 is 10.6 Å². The Morgan fingerprint density at radius 2 is 2.10 bits per heavy atom. The highest BCUT2D eigenvalue weighted by molar-refractivity contribution is 6.03. The fourth-order valence-electron chi connectivity index (χ4n) is 2.58. The number of anilines is 2. The largest absolute Gasteiger partial charge is 0.383 e. The summed E-state index contributed by atoms with van der Waals surface area (Å²) in [5.74, 6) is 0.270. The number of nitrogens with zero attached hydrogens (tertiary/aromatic N) is 5. The molecule has 110 valence electrons. The van der Waals surface area contributed by atoms with Crippen molar-refractivity contribution in [2.24, 2.45) is 0 Å². The van der Waals surface area contributed by atoms with E-state index in [0.29, 0.717) is 22.6 Å². The maximum Gasteiger partial charge on any atom is 0.293 e. The summed E-state index contributed by atoms with van der Waals surface area (Å²) in [5.41, 5.74) is 7.11. The number of likely N-dealkylation sites (N-methyl/N-ethyl adjacent to an activating group) is 1. The Labute approximate surface area is 121 Å². The lowest BCUT2D eigenvalue weighted by Gasteiger charge is -2.44. The molecule has 2 heterocycles. The molecule has 0 unspecified atom stereocenters. The van der Waals surface area contributed by atoms with Crippen molar-refractivity contribution >= 4 is 28.1 Å². The van der Waals surface area contributed by atoms with Gasteiger partial charge in [-0.05, 0) is 20.2 Å². The predicted molar refractivity (Wildman–Crippen MR) is 80.3 cm³/mol. The SMILES string of the molecule is CN(C)C1CN(c2c([N+](=O)[O-])ccc3ncnc(N)c23)C1. The summed E-state index contributed by atoms with van der Waals surface area (Å²) in [6, 6.07) is 3.47. The van der Waals surface area contributed by atoms with Crippen LogP contribution in [0.4, 0.5) is 17.2 Å². The number of nitro groups is 1. The van der Waals surface area contributed by atoms with Crippen LogP contribution in [-0.2, 0) is 0 Å². The lowest BCUT2D eigenvalue weighted by atomic mass is 10.0. The quantitative estimate of drug-likeness (QED) is 0.660. The number of nitrogen functional groups attached to an aromatic ring is 1. The number of hydrogen-bond donors (Lipinski definition) is 1. The van der Waals surface area contributed by atoms with E-state index in [-0.39, 0.29) is 16.4 Å². The molecule has 3 rings (SSSR count). The minimum Gasteiger partial charge on any atom is -0.383 e. The van der Waals surface area contributed by atoms with Crippen molar-refractivity contribution in [2.45, 2.75) is 6.04 Å². The van der Waals surface area contributed by atoms with E-state index in [0.717, 1.165) is 13.1 Å². The van der Waals surface area contributed by atoms with Crippen molar-refractivity contribution < 1.29 is 4.92 Å². The molecule has 0 bridgehead atoms. The zero-order valence-corrected chi connectivity index (χ0v) is 11.9. The fraction of sp³-hybridized carbons (Fsp3) is 0.385. The molecule has 8 nitrogen and oxygen atoms in total. The van der Waals surface area contributed by atoms with Crippen LogP contribution in [0, 0.1) is 10.1 Å². The number of aromatic nitrogens is 2. The van der Waals surface area contributed by atoms with E-state index in [2.05, 4.69) is 14.9 Å². The van der Waals surface area contributed by atoms with Crippen LogP contribution >= 0.6 is 0 Å². The van der Waals surface area contributed by atoms with Gasteiger partial charge in [-0.25, -0.2) is 9.97 Å². The van der Waals surface area contributed by atoms with Gasteiger partial charge in [0.25, 0.3) is 5.69 Å². The Morgan fingerprint density at radius 1 is 1.38 bits per heavy atom. The van der Waals surface area contributed by atoms with Gasteiger partial charge in [0.2, 0.25) is 0 Å². The second-order valence-corrected chi connectivity index (χ2v) is 5.37. The highest BCUT2D eigenvalue weighted by Crippen LogP contribution is 2.40. The molecular formula is C13H16N6O2. The first kappa shape index (κ1) is 13.5. The molecule has 0 aliphatic carbocycles. The molecule has 0 amide bonds. The van der Waals surface area contributed by atoms with Crippen molar-refractivity contribution in [3.63, 3.8) is 0 Å². The van der Waals surface area contributed by atoms with Gasteiger partial charge in [-0.15, -0.1) is 0 Å². The molecule has 0 atom stereocenters. The normalized spacial score (nSPS) is 15.5. The predicted octanol–water partition coefficient (Wildman–Crippen LogP) is 0.870. The maximum absolute atomic E-state index is 11.3. The molecule has 0 radical (unpaired) electrons. The molecular weight excluding hydrogens is 272 g/mol. The summed E-state index contributed by atoms with van der Waals surface area (Å²) in [7, 11) is 3.99. The Morgan fingerprint density at radius 3 is 2.71 bits per heavy atom. The van der Waals surface area contributed by atoms with E-state index in [9.17, 15) is 10.1 Å².